The van der Waals surface area contributed by atoms with Crippen LogP contribution in [-0.4, -0.2) is 44.8 Å². The number of likely N-dealkylation sites (tertiary alicyclic amines) is 1. The average molecular weight is 278 g/mol. The number of para-hydroxylation sites is 1. The van der Waals surface area contributed by atoms with Crippen molar-refractivity contribution in [3.63, 3.8) is 0 Å². The van der Waals surface area contributed by atoms with Crippen molar-refractivity contribution in [2.75, 3.05) is 33.9 Å². The molecule has 1 fully saturated rings. The molecule has 1 aliphatic rings. The standard InChI is InChI=1S/C16H26N2O2/c1-4-18-10-6-8-14(12-18)17-11-13-7-5-9-15(19-2)16(13)20-3/h5,7,9,14,17H,4,6,8,10-12H2,1-3H3. The molecule has 1 aromatic rings. The zero-order valence-electron chi connectivity index (χ0n) is 12.8. The number of hydrogen-bond acceptors (Lipinski definition) is 4. The lowest BCUT2D eigenvalue weighted by Gasteiger charge is -2.32. The first kappa shape index (κ1) is 15.1. The molecule has 0 spiro atoms. The fourth-order valence-corrected chi connectivity index (χ4v) is 2.86. The van der Waals surface area contributed by atoms with Crippen LogP contribution in [-0.2, 0) is 6.54 Å². The van der Waals surface area contributed by atoms with Gasteiger partial charge < -0.3 is 19.7 Å². The Kier molecular flexibility index (Phi) is 5.68. The Morgan fingerprint density at radius 1 is 1.30 bits per heavy atom. The third kappa shape index (κ3) is 3.64. The van der Waals surface area contributed by atoms with Crippen molar-refractivity contribution in [2.45, 2.75) is 32.4 Å². The summed E-state index contributed by atoms with van der Waals surface area (Å²) in [7, 11) is 3.37. The summed E-state index contributed by atoms with van der Waals surface area (Å²) >= 11 is 0. The maximum Gasteiger partial charge on any atom is 0.165 e. The molecular formula is C16H26N2O2. The van der Waals surface area contributed by atoms with Gasteiger partial charge in [0.2, 0.25) is 0 Å². The Morgan fingerprint density at radius 2 is 2.15 bits per heavy atom. The molecule has 1 aliphatic heterocycles. The van der Waals surface area contributed by atoms with Gasteiger partial charge in [-0.15, -0.1) is 0 Å². The normalized spacial score (nSPS) is 19.9. The molecule has 0 aliphatic carbocycles. The summed E-state index contributed by atoms with van der Waals surface area (Å²) in [6.07, 6.45) is 2.53. The molecule has 4 nitrogen and oxygen atoms in total. The highest BCUT2D eigenvalue weighted by atomic mass is 16.5. The Hall–Kier alpha value is -1.26. The lowest BCUT2D eigenvalue weighted by molar-refractivity contribution is 0.198. The largest absolute Gasteiger partial charge is 0.493 e. The summed E-state index contributed by atoms with van der Waals surface area (Å²) in [5.74, 6) is 1.64. The van der Waals surface area contributed by atoms with Crippen LogP contribution in [0.2, 0.25) is 0 Å². The molecule has 0 radical (unpaired) electrons. The zero-order chi connectivity index (χ0) is 14.4. The van der Waals surface area contributed by atoms with Crippen LogP contribution >= 0.6 is 0 Å². The highest BCUT2D eigenvalue weighted by Gasteiger charge is 2.18. The van der Waals surface area contributed by atoms with E-state index < -0.39 is 0 Å². The lowest BCUT2D eigenvalue weighted by atomic mass is 10.1. The van der Waals surface area contributed by atoms with Crippen molar-refractivity contribution < 1.29 is 9.47 Å². The van der Waals surface area contributed by atoms with Crippen LogP contribution in [0.15, 0.2) is 18.2 Å². The number of nitrogens with zero attached hydrogens (tertiary/aromatic N) is 1. The number of nitrogens with one attached hydrogen (secondary N) is 1. The van der Waals surface area contributed by atoms with Crippen molar-refractivity contribution >= 4 is 0 Å². The molecule has 0 saturated carbocycles. The van der Waals surface area contributed by atoms with E-state index in [-0.39, 0.29) is 0 Å². The number of hydrogen-bond donors (Lipinski definition) is 1. The van der Waals surface area contributed by atoms with Crippen LogP contribution in [0.25, 0.3) is 0 Å². The first-order valence-corrected chi connectivity index (χ1v) is 7.44. The van der Waals surface area contributed by atoms with Gasteiger partial charge in [0.1, 0.15) is 0 Å². The SMILES string of the molecule is CCN1CCCC(NCc2cccc(OC)c2OC)C1. The Bertz CT molecular complexity index is 423. The van der Waals surface area contributed by atoms with Crippen LogP contribution in [0.4, 0.5) is 0 Å². The first-order valence-electron chi connectivity index (χ1n) is 7.44. The topological polar surface area (TPSA) is 33.7 Å². The van der Waals surface area contributed by atoms with E-state index in [0.717, 1.165) is 36.7 Å². The van der Waals surface area contributed by atoms with Gasteiger partial charge in [0.05, 0.1) is 14.2 Å². The smallest absolute Gasteiger partial charge is 0.165 e. The second-order valence-electron chi connectivity index (χ2n) is 5.27. The van der Waals surface area contributed by atoms with E-state index in [9.17, 15) is 0 Å². The maximum absolute atomic E-state index is 5.47. The quantitative estimate of drug-likeness (QED) is 0.865. The summed E-state index contributed by atoms with van der Waals surface area (Å²) in [6, 6.07) is 6.60. The molecule has 0 aromatic heterocycles. The van der Waals surface area contributed by atoms with Gasteiger partial charge in [-0.25, -0.2) is 0 Å². The van der Waals surface area contributed by atoms with E-state index in [1.54, 1.807) is 14.2 Å². The van der Waals surface area contributed by atoms with Crippen molar-refractivity contribution in [2.24, 2.45) is 0 Å². The fraction of sp³-hybridized carbons (Fsp3) is 0.625. The lowest BCUT2D eigenvalue weighted by Crippen LogP contribution is -2.45. The molecule has 4 heteroatoms. The number of rotatable bonds is 6. The molecule has 1 aromatic carbocycles. The van der Waals surface area contributed by atoms with E-state index in [4.69, 9.17) is 9.47 Å². The van der Waals surface area contributed by atoms with E-state index in [1.807, 2.05) is 12.1 Å². The molecule has 1 N–H and O–H groups in total. The van der Waals surface area contributed by atoms with Crippen molar-refractivity contribution in [3.8, 4) is 11.5 Å². The monoisotopic (exact) mass is 278 g/mol. The van der Waals surface area contributed by atoms with Gasteiger partial charge in [-0.05, 0) is 32.0 Å². The maximum atomic E-state index is 5.47. The van der Waals surface area contributed by atoms with Gasteiger partial charge >= 0.3 is 0 Å². The van der Waals surface area contributed by atoms with Gasteiger partial charge in [-0.3, -0.25) is 0 Å². The number of ether oxygens (including phenoxy) is 2. The van der Waals surface area contributed by atoms with E-state index in [2.05, 4.69) is 23.2 Å². The molecule has 1 heterocycles. The van der Waals surface area contributed by atoms with Gasteiger partial charge in [0, 0.05) is 24.7 Å². The van der Waals surface area contributed by atoms with Crippen LogP contribution in [0.1, 0.15) is 25.3 Å². The van der Waals surface area contributed by atoms with Crippen LogP contribution in [0.5, 0.6) is 11.5 Å². The minimum Gasteiger partial charge on any atom is -0.493 e. The fourth-order valence-electron chi connectivity index (χ4n) is 2.86. The molecule has 1 unspecified atom stereocenters. The zero-order valence-corrected chi connectivity index (χ0v) is 12.8. The predicted octanol–water partition coefficient (Wildman–Crippen LogP) is 2.28. The van der Waals surface area contributed by atoms with Gasteiger partial charge in [-0.2, -0.15) is 0 Å². The third-order valence-corrected chi connectivity index (χ3v) is 4.02. The third-order valence-electron chi connectivity index (χ3n) is 4.02. The minimum absolute atomic E-state index is 0.569. The van der Waals surface area contributed by atoms with Gasteiger partial charge in [0.15, 0.2) is 11.5 Å². The molecule has 0 amide bonds. The van der Waals surface area contributed by atoms with Crippen LogP contribution in [0, 0.1) is 0 Å². The van der Waals surface area contributed by atoms with Gasteiger partial charge in [0.25, 0.3) is 0 Å². The van der Waals surface area contributed by atoms with Crippen LogP contribution < -0.4 is 14.8 Å². The molecule has 20 heavy (non-hydrogen) atoms. The van der Waals surface area contributed by atoms with E-state index in [0.29, 0.717) is 6.04 Å². The first-order chi connectivity index (χ1) is 9.78. The van der Waals surface area contributed by atoms with E-state index in [1.165, 1.54) is 19.4 Å². The van der Waals surface area contributed by atoms with E-state index >= 15 is 0 Å². The Morgan fingerprint density at radius 3 is 2.85 bits per heavy atom. The Labute approximate surface area is 122 Å². The predicted molar refractivity (Wildman–Crippen MR) is 81.5 cm³/mol. The molecule has 112 valence electrons. The van der Waals surface area contributed by atoms with Crippen molar-refractivity contribution in [1.82, 2.24) is 10.2 Å². The van der Waals surface area contributed by atoms with Crippen molar-refractivity contribution in [1.29, 1.82) is 0 Å². The summed E-state index contributed by atoms with van der Waals surface area (Å²) in [6.45, 7) is 6.57. The summed E-state index contributed by atoms with van der Waals surface area (Å²) < 4.78 is 10.8. The summed E-state index contributed by atoms with van der Waals surface area (Å²) in [4.78, 5) is 2.50. The molecule has 0 bridgehead atoms. The minimum atomic E-state index is 0.569. The van der Waals surface area contributed by atoms with Gasteiger partial charge in [-0.1, -0.05) is 19.1 Å². The number of likely N-dealkylation sites (N-methyl/N-ethyl adjacent to an activating group) is 1. The number of benzene rings is 1. The second kappa shape index (κ2) is 7.50. The highest BCUT2D eigenvalue weighted by Crippen LogP contribution is 2.30. The number of piperidine rings is 1. The summed E-state index contributed by atoms with van der Waals surface area (Å²) in [5.41, 5.74) is 1.15. The Balaban J connectivity index is 1.96. The second-order valence-corrected chi connectivity index (χ2v) is 5.27. The molecule has 2 rings (SSSR count). The highest BCUT2D eigenvalue weighted by molar-refractivity contribution is 5.46. The molecular weight excluding hydrogens is 252 g/mol. The summed E-state index contributed by atoms with van der Waals surface area (Å²) in [5, 5.41) is 3.65. The number of methoxy groups -OCH3 is 2. The molecule has 1 saturated heterocycles. The average Bonchev–Trinajstić information content (AvgIpc) is 2.52. The molecule has 1 atom stereocenters. The van der Waals surface area contributed by atoms with Crippen LogP contribution in [0.3, 0.4) is 0 Å². The van der Waals surface area contributed by atoms with Crippen molar-refractivity contribution in [3.05, 3.63) is 23.8 Å².